The lowest BCUT2D eigenvalue weighted by atomic mass is 10.1. The molecular formula is C18H18N4O2. The van der Waals surface area contributed by atoms with Crippen LogP contribution in [0.2, 0.25) is 0 Å². The number of pyridine rings is 1. The number of anilines is 1. The van der Waals surface area contributed by atoms with Crippen LogP contribution in [0.25, 0.3) is 10.9 Å². The van der Waals surface area contributed by atoms with Crippen LogP contribution in [0.5, 0.6) is 0 Å². The third-order valence-electron chi connectivity index (χ3n) is 3.69. The molecule has 2 heterocycles. The minimum atomic E-state index is -0.287. The number of likely N-dealkylation sites (N-methyl/N-ethyl adjacent to an activating group) is 1. The SMILES string of the molecule is Cc1cccc(NC(=O)CN(C)C(=O)c2ccc3cc[nH]c3c2)n1. The molecule has 6 nitrogen and oxygen atoms in total. The molecule has 0 bridgehead atoms. The highest BCUT2D eigenvalue weighted by molar-refractivity contribution is 6.00. The van der Waals surface area contributed by atoms with Crippen molar-refractivity contribution in [2.24, 2.45) is 0 Å². The van der Waals surface area contributed by atoms with Crippen LogP contribution in [0.1, 0.15) is 16.1 Å². The Kier molecular flexibility index (Phi) is 4.29. The molecule has 122 valence electrons. The molecule has 24 heavy (non-hydrogen) atoms. The van der Waals surface area contributed by atoms with E-state index >= 15 is 0 Å². The zero-order valence-electron chi connectivity index (χ0n) is 13.5. The number of aromatic amines is 1. The standard InChI is InChI=1S/C18H18N4O2/c1-12-4-3-5-16(20-12)21-17(23)11-22(2)18(24)14-7-6-13-8-9-19-15(13)10-14/h3-10,19H,11H2,1-2H3,(H,20,21,23). The lowest BCUT2D eigenvalue weighted by Crippen LogP contribution is -2.35. The molecule has 0 aliphatic heterocycles. The van der Waals surface area contributed by atoms with Gasteiger partial charge in [0.15, 0.2) is 0 Å². The number of hydrogen-bond donors (Lipinski definition) is 2. The molecule has 0 saturated carbocycles. The third kappa shape index (κ3) is 3.43. The van der Waals surface area contributed by atoms with Gasteiger partial charge in [-0.15, -0.1) is 0 Å². The molecule has 3 rings (SSSR count). The molecular weight excluding hydrogens is 304 g/mol. The molecule has 0 aliphatic carbocycles. The molecule has 0 unspecified atom stereocenters. The van der Waals surface area contributed by atoms with Gasteiger partial charge >= 0.3 is 0 Å². The Balaban J connectivity index is 1.65. The maximum atomic E-state index is 12.5. The van der Waals surface area contributed by atoms with Crippen molar-refractivity contribution in [3.05, 3.63) is 59.9 Å². The van der Waals surface area contributed by atoms with Gasteiger partial charge in [-0.3, -0.25) is 9.59 Å². The number of fused-ring (bicyclic) bond motifs is 1. The summed E-state index contributed by atoms with van der Waals surface area (Å²) in [6.07, 6.45) is 1.82. The van der Waals surface area contributed by atoms with Crippen molar-refractivity contribution in [3.63, 3.8) is 0 Å². The molecule has 1 aromatic carbocycles. The van der Waals surface area contributed by atoms with E-state index in [2.05, 4.69) is 15.3 Å². The van der Waals surface area contributed by atoms with Crippen molar-refractivity contribution in [2.45, 2.75) is 6.92 Å². The molecule has 2 aromatic heterocycles. The Morgan fingerprint density at radius 1 is 1.21 bits per heavy atom. The molecule has 0 radical (unpaired) electrons. The first-order valence-corrected chi connectivity index (χ1v) is 7.59. The Hall–Kier alpha value is -3.15. The topological polar surface area (TPSA) is 78.1 Å². The first kappa shape index (κ1) is 15.7. The summed E-state index contributed by atoms with van der Waals surface area (Å²) in [6, 6.07) is 12.7. The Morgan fingerprint density at radius 3 is 2.83 bits per heavy atom. The molecule has 0 atom stereocenters. The summed E-state index contributed by atoms with van der Waals surface area (Å²) in [5.74, 6) is -0.0163. The van der Waals surface area contributed by atoms with E-state index in [0.717, 1.165) is 16.6 Å². The summed E-state index contributed by atoms with van der Waals surface area (Å²) in [4.78, 5) is 33.2. The van der Waals surface area contributed by atoms with E-state index in [1.54, 1.807) is 25.2 Å². The Labute approximate surface area is 139 Å². The highest BCUT2D eigenvalue weighted by atomic mass is 16.2. The van der Waals surface area contributed by atoms with E-state index in [1.807, 2.05) is 37.4 Å². The van der Waals surface area contributed by atoms with Crippen molar-refractivity contribution < 1.29 is 9.59 Å². The average molecular weight is 322 g/mol. The number of H-pyrrole nitrogens is 1. The minimum Gasteiger partial charge on any atom is -0.361 e. The molecule has 0 aliphatic rings. The van der Waals surface area contributed by atoms with Crippen LogP contribution in [0, 0.1) is 6.92 Å². The van der Waals surface area contributed by atoms with E-state index in [0.29, 0.717) is 11.4 Å². The van der Waals surface area contributed by atoms with Gasteiger partial charge in [-0.2, -0.15) is 0 Å². The van der Waals surface area contributed by atoms with Crippen LogP contribution in [0.4, 0.5) is 5.82 Å². The highest BCUT2D eigenvalue weighted by Gasteiger charge is 2.16. The Bertz CT molecular complexity index is 901. The summed E-state index contributed by atoms with van der Waals surface area (Å²) in [7, 11) is 1.60. The van der Waals surface area contributed by atoms with Gasteiger partial charge in [0.25, 0.3) is 5.91 Å². The number of nitrogens with one attached hydrogen (secondary N) is 2. The van der Waals surface area contributed by atoms with Crippen molar-refractivity contribution in [3.8, 4) is 0 Å². The van der Waals surface area contributed by atoms with Crippen LogP contribution < -0.4 is 5.32 Å². The highest BCUT2D eigenvalue weighted by Crippen LogP contribution is 2.15. The smallest absolute Gasteiger partial charge is 0.254 e. The van der Waals surface area contributed by atoms with Crippen molar-refractivity contribution in [1.82, 2.24) is 14.9 Å². The summed E-state index contributed by atoms with van der Waals surface area (Å²) >= 11 is 0. The van der Waals surface area contributed by atoms with Gasteiger partial charge in [-0.1, -0.05) is 12.1 Å². The monoisotopic (exact) mass is 322 g/mol. The first-order valence-electron chi connectivity index (χ1n) is 7.59. The Morgan fingerprint density at radius 2 is 2.04 bits per heavy atom. The van der Waals surface area contributed by atoms with Crippen LogP contribution in [0.3, 0.4) is 0 Å². The third-order valence-corrected chi connectivity index (χ3v) is 3.69. The maximum Gasteiger partial charge on any atom is 0.254 e. The molecule has 2 amide bonds. The van der Waals surface area contributed by atoms with E-state index in [-0.39, 0.29) is 18.4 Å². The lowest BCUT2D eigenvalue weighted by Gasteiger charge is -2.17. The molecule has 0 saturated heterocycles. The van der Waals surface area contributed by atoms with Gasteiger partial charge in [-0.05, 0) is 42.6 Å². The van der Waals surface area contributed by atoms with Gasteiger partial charge in [-0.25, -0.2) is 4.98 Å². The fraction of sp³-hybridized carbons (Fsp3) is 0.167. The number of amides is 2. The predicted molar refractivity (Wildman–Crippen MR) is 92.9 cm³/mol. The summed E-state index contributed by atoms with van der Waals surface area (Å²) in [6.45, 7) is 1.80. The quantitative estimate of drug-likeness (QED) is 0.775. The zero-order valence-corrected chi connectivity index (χ0v) is 13.5. The van der Waals surface area contributed by atoms with E-state index < -0.39 is 0 Å². The molecule has 2 N–H and O–H groups in total. The normalized spacial score (nSPS) is 10.6. The number of hydrogen-bond acceptors (Lipinski definition) is 3. The van der Waals surface area contributed by atoms with Gasteiger partial charge in [0, 0.05) is 30.0 Å². The van der Waals surface area contributed by atoms with Crippen molar-refractivity contribution in [1.29, 1.82) is 0 Å². The minimum absolute atomic E-state index is 0.0444. The number of rotatable bonds is 4. The number of aryl methyl sites for hydroxylation is 1. The number of benzene rings is 1. The van der Waals surface area contributed by atoms with Gasteiger partial charge in [0.05, 0.1) is 6.54 Å². The van der Waals surface area contributed by atoms with Gasteiger partial charge in [0.2, 0.25) is 5.91 Å². The fourth-order valence-electron chi connectivity index (χ4n) is 2.48. The second-order valence-electron chi connectivity index (χ2n) is 5.65. The second kappa shape index (κ2) is 6.54. The maximum absolute atomic E-state index is 12.5. The number of nitrogens with zero attached hydrogens (tertiary/aromatic N) is 2. The average Bonchev–Trinajstić information content (AvgIpc) is 3.01. The van der Waals surface area contributed by atoms with Crippen LogP contribution in [-0.4, -0.2) is 40.3 Å². The van der Waals surface area contributed by atoms with Crippen LogP contribution in [-0.2, 0) is 4.79 Å². The number of aromatic nitrogens is 2. The first-order chi connectivity index (χ1) is 11.5. The van der Waals surface area contributed by atoms with Crippen LogP contribution in [0.15, 0.2) is 48.7 Å². The zero-order chi connectivity index (χ0) is 17.1. The summed E-state index contributed by atoms with van der Waals surface area (Å²) in [5, 5.41) is 3.73. The fourth-order valence-corrected chi connectivity index (χ4v) is 2.48. The van der Waals surface area contributed by atoms with E-state index in [1.165, 1.54) is 4.90 Å². The van der Waals surface area contributed by atoms with Crippen molar-refractivity contribution >= 4 is 28.5 Å². The summed E-state index contributed by atoms with van der Waals surface area (Å²) < 4.78 is 0. The number of carbonyl (C=O) groups is 2. The lowest BCUT2D eigenvalue weighted by molar-refractivity contribution is -0.116. The number of carbonyl (C=O) groups excluding carboxylic acids is 2. The van der Waals surface area contributed by atoms with Gasteiger partial charge in [0.1, 0.15) is 5.82 Å². The largest absolute Gasteiger partial charge is 0.361 e. The predicted octanol–water partition coefficient (Wildman–Crippen LogP) is 2.58. The van der Waals surface area contributed by atoms with Gasteiger partial charge < -0.3 is 15.2 Å². The molecule has 0 fully saturated rings. The summed E-state index contributed by atoms with van der Waals surface area (Å²) in [5.41, 5.74) is 2.24. The molecule has 6 heteroatoms. The van der Waals surface area contributed by atoms with Crippen molar-refractivity contribution in [2.75, 3.05) is 18.9 Å². The molecule has 3 aromatic rings. The second-order valence-corrected chi connectivity index (χ2v) is 5.65. The van der Waals surface area contributed by atoms with E-state index in [4.69, 9.17) is 0 Å². The van der Waals surface area contributed by atoms with E-state index in [9.17, 15) is 9.59 Å². The molecule has 0 spiro atoms. The van der Waals surface area contributed by atoms with Crippen LogP contribution >= 0.6 is 0 Å².